The molecule has 4 heteroatoms. The van der Waals surface area contributed by atoms with E-state index in [4.69, 9.17) is 9.47 Å². The average molecular weight is 298 g/mol. The van der Waals surface area contributed by atoms with Gasteiger partial charge in [-0.05, 0) is 41.5 Å². The highest BCUT2D eigenvalue weighted by atomic mass is 16.5. The molecule has 0 bridgehead atoms. The number of methoxy groups -OCH3 is 2. The van der Waals surface area contributed by atoms with E-state index in [0.29, 0.717) is 17.0 Å². The van der Waals surface area contributed by atoms with Crippen LogP contribution in [0.1, 0.15) is 50.2 Å². The number of hydrogen-bond acceptors (Lipinski definition) is 4. The molecule has 4 nitrogen and oxygen atoms in total. The largest absolute Gasteiger partial charge is 0.465 e. The maximum atomic E-state index is 12.3. The first-order valence-corrected chi connectivity index (χ1v) is 7.25. The van der Waals surface area contributed by atoms with Crippen molar-refractivity contribution >= 4 is 11.9 Å². The fourth-order valence-electron chi connectivity index (χ4n) is 3.42. The van der Waals surface area contributed by atoms with Crippen LogP contribution < -0.4 is 0 Å². The van der Waals surface area contributed by atoms with E-state index in [-0.39, 0.29) is 0 Å². The number of ether oxygens (including phenoxy) is 2. The van der Waals surface area contributed by atoms with Crippen molar-refractivity contribution in [2.45, 2.75) is 26.2 Å². The first-order chi connectivity index (χ1) is 10.5. The lowest BCUT2D eigenvalue weighted by molar-refractivity contribution is 0.0556. The van der Waals surface area contributed by atoms with Gasteiger partial charge in [-0.1, -0.05) is 30.7 Å². The highest BCUT2D eigenvalue weighted by molar-refractivity contribution is 6.13. The van der Waals surface area contributed by atoms with Gasteiger partial charge in [-0.3, -0.25) is 0 Å². The highest BCUT2D eigenvalue weighted by Gasteiger charge is 2.38. The van der Waals surface area contributed by atoms with E-state index < -0.39 is 11.9 Å². The van der Waals surface area contributed by atoms with Crippen molar-refractivity contribution in [2.75, 3.05) is 14.2 Å². The topological polar surface area (TPSA) is 52.6 Å². The maximum absolute atomic E-state index is 12.3. The van der Waals surface area contributed by atoms with Gasteiger partial charge in [0.05, 0.1) is 25.3 Å². The fourth-order valence-corrected chi connectivity index (χ4v) is 3.42. The van der Waals surface area contributed by atoms with Gasteiger partial charge in [0, 0.05) is 0 Å². The van der Waals surface area contributed by atoms with Crippen molar-refractivity contribution in [3.8, 4) is 11.1 Å². The first-order valence-electron chi connectivity index (χ1n) is 7.25. The molecule has 0 spiro atoms. The van der Waals surface area contributed by atoms with Crippen LogP contribution in [0.5, 0.6) is 0 Å². The molecule has 3 rings (SSSR count). The molecule has 0 N–H and O–H groups in total. The highest BCUT2D eigenvalue weighted by Crippen LogP contribution is 2.48. The fraction of sp³-hybridized carbons (Fsp3) is 0.333. The Balaban J connectivity index is 2.44. The Bertz CT molecular complexity index is 760. The van der Waals surface area contributed by atoms with Gasteiger partial charge in [-0.15, -0.1) is 0 Å². The summed E-state index contributed by atoms with van der Waals surface area (Å²) in [7, 11) is 2.66. The van der Waals surface area contributed by atoms with Crippen LogP contribution in [0.4, 0.5) is 0 Å². The number of rotatable bonds is 2. The minimum Gasteiger partial charge on any atom is -0.465 e. The molecule has 22 heavy (non-hydrogen) atoms. The smallest absolute Gasteiger partial charge is 0.339 e. The summed E-state index contributed by atoms with van der Waals surface area (Å²) in [5.74, 6) is -0.663. The van der Waals surface area contributed by atoms with Gasteiger partial charge < -0.3 is 9.47 Å². The van der Waals surface area contributed by atoms with Gasteiger partial charge in [-0.2, -0.15) is 0 Å². The summed E-state index contributed by atoms with van der Waals surface area (Å²) in [5, 5.41) is 0. The molecule has 0 aromatic carbocycles. The Kier molecular flexibility index (Phi) is 3.39. The number of esters is 2. The average Bonchev–Trinajstić information content (AvgIpc) is 2.90. The van der Waals surface area contributed by atoms with Crippen LogP contribution in [0, 0.1) is 6.92 Å². The summed E-state index contributed by atoms with van der Waals surface area (Å²) in [6, 6.07) is 6.07. The molecule has 0 aliphatic heterocycles. The summed E-state index contributed by atoms with van der Waals surface area (Å²) < 4.78 is 9.82. The summed E-state index contributed by atoms with van der Waals surface area (Å²) in [6.45, 7) is 4.10. The molecular formula is C18H18O4. The molecule has 0 saturated heterocycles. The summed E-state index contributed by atoms with van der Waals surface area (Å²) in [4.78, 5) is 24.5. The van der Waals surface area contributed by atoms with Gasteiger partial charge in [-0.25, -0.2) is 9.59 Å². The Morgan fingerprint density at radius 2 is 1.73 bits per heavy atom. The van der Waals surface area contributed by atoms with Crippen molar-refractivity contribution in [1.29, 1.82) is 0 Å². The number of carbonyl (C=O) groups is 2. The SMILES string of the molecule is COC(=O)c1c2cc(C)ccc3c-2c(c1C(=O)OC)CC3C. The normalized spacial score (nSPS) is 15.9. The van der Waals surface area contributed by atoms with E-state index in [2.05, 4.69) is 13.0 Å². The molecule has 0 radical (unpaired) electrons. The van der Waals surface area contributed by atoms with Crippen LogP contribution in [0.2, 0.25) is 0 Å². The zero-order valence-corrected chi connectivity index (χ0v) is 13.1. The van der Waals surface area contributed by atoms with Crippen LogP contribution in [0.15, 0.2) is 18.2 Å². The number of hydrogen-bond donors (Lipinski definition) is 0. The summed E-state index contributed by atoms with van der Waals surface area (Å²) in [6.07, 6.45) is 0.732. The zero-order chi connectivity index (χ0) is 16.0. The first kappa shape index (κ1) is 14.6. The third-order valence-corrected chi connectivity index (χ3v) is 4.40. The van der Waals surface area contributed by atoms with Crippen molar-refractivity contribution in [3.05, 3.63) is 46.0 Å². The van der Waals surface area contributed by atoms with Crippen molar-refractivity contribution < 1.29 is 19.1 Å². The lowest BCUT2D eigenvalue weighted by atomic mass is 9.98. The molecule has 0 aromatic rings. The summed E-state index contributed by atoms with van der Waals surface area (Å²) in [5.41, 5.74) is 5.57. The second-order valence-corrected chi connectivity index (χ2v) is 5.78. The van der Waals surface area contributed by atoms with Crippen molar-refractivity contribution in [1.82, 2.24) is 0 Å². The molecule has 0 aromatic heterocycles. The van der Waals surface area contributed by atoms with Crippen LogP contribution >= 0.6 is 0 Å². The Hall–Kier alpha value is -2.36. The van der Waals surface area contributed by atoms with E-state index >= 15 is 0 Å². The lowest BCUT2D eigenvalue weighted by Gasteiger charge is -2.08. The molecule has 0 saturated carbocycles. The standard InChI is InChI=1S/C18H18O4/c1-9-5-6-11-10(2)8-13-14(11)12(7-9)15(17(19)21-3)16(13)18(20)22-4/h5-7,10H,8H2,1-4H3. The van der Waals surface area contributed by atoms with Gasteiger partial charge in [0.2, 0.25) is 0 Å². The second-order valence-electron chi connectivity index (χ2n) is 5.78. The van der Waals surface area contributed by atoms with E-state index in [0.717, 1.165) is 28.7 Å². The Labute approximate surface area is 129 Å². The van der Waals surface area contributed by atoms with Crippen LogP contribution in [0.3, 0.4) is 0 Å². The molecule has 114 valence electrons. The van der Waals surface area contributed by atoms with Gasteiger partial charge in [0.25, 0.3) is 0 Å². The van der Waals surface area contributed by atoms with Crippen LogP contribution in [0.25, 0.3) is 11.1 Å². The summed E-state index contributed by atoms with van der Waals surface area (Å²) >= 11 is 0. The maximum Gasteiger partial charge on any atom is 0.339 e. The van der Waals surface area contributed by atoms with E-state index in [1.165, 1.54) is 19.8 Å². The number of aryl methyl sites for hydroxylation is 1. The van der Waals surface area contributed by atoms with E-state index in [1.54, 1.807) is 0 Å². The molecule has 3 aliphatic carbocycles. The van der Waals surface area contributed by atoms with E-state index in [1.807, 2.05) is 19.1 Å². The van der Waals surface area contributed by atoms with Crippen LogP contribution in [-0.4, -0.2) is 26.2 Å². The third-order valence-electron chi connectivity index (χ3n) is 4.40. The van der Waals surface area contributed by atoms with Gasteiger partial charge in [0.15, 0.2) is 0 Å². The molecule has 0 fully saturated rings. The van der Waals surface area contributed by atoms with Gasteiger partial charge in [0.1, 0.15) is 0 Å². The van der Waals surface area contributed by atoms with Crippen LogP contribution in [-0.2, 0) is 15.9 Å². The zero-order valence-electron chi connectivity index (χ0n) is 13.1. The molecule has 0 heterocycles. The predicted octanol–water partition coefficient (Wildman–Crippen LogP) is 3.33. The van der Waals surface area contributed by atoms with Gasteiger partial charge >= 0.3 is 11.9 Å². The second kappa shape index (κ2) is 5.13. The number of carbonyl (C=O) groups excluding carboxylic acids is 2. The lowest BCUT2D eigenvalue weighted by Crippen LogP contribution is -2.12. The Morgan fingerprint density at radius 3 is 2.36 bits per heavy atom. The quantitative estimate of drug-likeness (QED) is 0.798. The predicted molar refractivity (Wildman–Crippen MR) is 82.6 cm³/mol. The molecule has 3 aliphatic rings. The monoisotopic (exact) mass is 298 g/mol. The molecule has 1 atom stereocenters. The molecular weight excluding hydrogens is 280 g/mol. The Morgan fingerprint density at radius 1 is 1.09 bits per heavy atom. The minimum absolute atomic E-state index is 0.314. The van der Waals surface area contributed by atoms with Crippen molar-refractivity contribution in [2.24, 2.45) is 0 Å². The molecule has 1 unspecified atom stereocenters. The van der Waals surface area contributed by atoms with Crippen molar-refractivity contribution in [3.63, 3.8) is 0 Å². The van der Waals surface area contributed by atoms with E-state index in [9.17, 15) is 9.59 Å². The molecule has 0 amide bonds. The third kappa shape index (κ3) is 1.90. The minimum atomic E-state index is -0.497.